The van der Waals surface area contributed by atoms with E-state index < -0.39 is 17.9 Å². The number of aliphatic carboxylic acids is 1. The van der Waals surface area contributed by atoms with Crippen LogP contribution in [0.25, 0.3) is 11.0 Å². The third kappa shape index (κ3) is 4.06. The minimum absolute atomic E-state index is 0.269. The Morgan fingerprint density at radius 2 is 1.91 bits per heavy atom. The number of fused-ring (bicyclic) bond motifs is 5. The molecular weight excluding hydrogens is 414 g/mol. The monoisotopic (exact) mass is 443 g/mol. The molecule has 2 N–H and O–H groups in total. The molecule has 1 aromatic heterocycles. The summed E-state index contributed by atoms with van der Waals surface area (Å²) < 4.78 is 17.8. The lowest BCUT2D eigenvalue weighted by atomic mass is 9.91. The molecule has 0 unspecified atom stereocenters. The largest absolute Gasteiger partial charge is 0.487 e. The maximum Gasteiger partial charge on any atom is 0.339 e. The van der Waals surface area contributed by atoms with E-state index in [9.17, 15) is 19.5 Å². The summed E-state index contributed by atoms with van der Waals surface area (Å²) in [4.78, 5) is 36.4. The van der Waals surface area contributed by atoms with E-state index in [-0.39, 0.29) is 23.8 Å². The summed E-state index contributed by atoms with van der Waals surface area (Å²) in [6, 6.07) is 0.763. The Labute approximate surface area is 185 Å². The first-order valence-corrected chi connectivity index (χ1v) is 11.1. The van der Waals surface area contributed by atoms with Crippen molar-refractivity contribution in [3.8, 4) is 11.5 Å². The van der Waals surface area contributed by atoms with Crippen LogP contribution in [-0.2, 0) is 28.9 Å². The number of carbonyl (C=O) groups excluding carboxylic acids is 1. The first-order valence-electron chi connectivity index (χ1n) is 11.1. The average Bonchev–Trinajstić information content (AvgIpc) is 3.19. The van der Waals surface area contributed by atoms with Gasteiger partial charge < -0.3 is 24.3 Å². The topological polar surface area (TPSA) is 115 Å². The van der Waals surface area contributed by atoms with Crippen LogP contribution in [0.1, 0.15) is 57.2 Å². The standard InChI is InChI=1S/C24H29NO7/c1-12(2)20(22(27)28)25-18(26)11-30-17-10-16-15(8-9-24(3,4)32-16)21-19(17)13-6-5-7-14(13)23(29)31-21/h10,12,20H,5-9,11H2,1-4H3,(H,25,26)(H,27,28)/t20-/m0/s1. The van der Waals surface area contributed by atoms with Crippen LogP contribution in [-0.4, -0.2) is 35.2 Å². The molecular formula is C24H29NO7. The highest BCUT2D eigenvalue weighted by atomic mass is 16.5. The summed E-state index contributed by atoms with van der Waals surface area (Å²) in [5, 5.41) is 12.5. The predicted octanol–water partition coefficient (Wildman–Crippen LogP) is 2.99. The van der Waals surface area contributed by atoms with Crippen LogP contribution in [0.3, 0.4) is 0 Å². The molecule has 8 heteroatoms. The van der Waals surface area contributed by atoms with Crippen molar-refractivity contribution < 1.29 is 28.6 Å². The molecule has 172 valence electrons. The van der Waals surface area contributed by atoms with E-state index >= 15 is 0 Å². The van der Waals surface area contributed by atoms with Crippen molar-refractivity contribution in [1.29, 1.82) is 0 Å². The third-order valence-electron chi connectivity index (χ3n) is 6.24. The number of hydrogen-bond donors (Lipinski definition) is 2. The minimum Gasteiger partial charge on any atom is -0.487 e. The van der Waals surface area contributed by atoms with Crippen molar-refractivity contribution in [3.05, 3.63) is 33.2 Å². The SMILES string of the molecule is CC(C)[C@H](NC(=O)COc1cc2c(c3oc(=O)c4c(c13)CCC4)CCC(C)(C)O2)C(=O)O. The molecule has 2 aliphatic rings. The number of carbonyl (C=O) groups is 2. The number of amides is 1. The molecule has 1 aliphatic carbocycles. The van der Waals surface area contributed by atoms with Crippen molar-refractivity contribution >= 4 is 22.8 Å². The lowest BCUT2D eigenvalue weighted by Crippen LogP contribution is -2.46. The zero-order chi connectivity index (χ0) is 23.2. The van der Waals surface area contributed by atoms with E-state index in [4.69, 9.17) is 13.9 Å². The fourth-order valence-electron chi connectivity index (χ4n) is 4.54. The number of hydrogen-bond acceptors (Lipinski definition) is 6. The zero-order valence-electron chi connectivity index (χ0n) is 18.9. The molecule has 8 nitrogen and oxygen atoms in total. The van der Waals surface area contributed by atoms with Gasteiger partial charge in [0.2, 0.25) is 0 Å². The highest BCUT2D eigenvalue weighted by Crippen LogP contribution is 2.44. The molecule has 1 atom stereocenters. The van der Waals surface area contributed by atoms with E-state index in [1.807, 2.05) is 13.8 Å². The highest BCUT2D eigenvalue weighted by Gasteiger charge is 2.32. The third-order valence-corrected chi connectivity index (χ3v) is 6.24. The van der Waals surface area contributed by atoms with Crippen molar-refractivity contribution in [2.45, 2.75) is 71.4 Å². The summed E-state index contributed by atoms with van der Waals surface area (Å²) in [6.07, 6.45) is 3.73. The fourth-order valence-corrected chi connectivity index (χ4v) is 4.54. The van der Waals surface area contributed by atoms with Gasteiger partial charge in [0.05, 0.1) is 5.39 Å². The van der Waals surface area contributed by atoms with Gasteiger partial charge in [-0.15, -0.1) is 0 Å². The van der Waals surface area contributed by atoms with Crippen LogP contribution < -0.4 is 20.4 Å². The minimum atomic E-state index is -1.09. The van der Waals surface area contributed by atoms with E-state index in [1.165, 1.54) is 0 Å². The van der Waals surface area contributed by atoms with E-state index in [0.717, 1.165) is 30.4 Å². The van der Waals surface area contributed by atoms with E-state index in [0.29, 0.717) is 40.9 Å². The van der Waals surface area contributed by atoms with Crippen LogP contribution >= 0.6 is 0 Å². The molecule has 1 aliphatic heterocycles. The second kappa shape index (κ2) is 8.15. The molecule has 2 heterocycles. The maximum absolute atomic E-state index is 12.6. The number of rotatable bonds is 6. The fraction of sp³-hybridized carbons (Fsp3) is 0.542. The Morgan fingerprint density at radius 3 is 2.59 bits per heavy atom. The Morgan fingerprint density at radius 1 is 1.19 bits per heavy atom. The summed E-state index contributed by atoms with van der Waals surface area (Å²) in [7, 11) is 0. The van der Waals surface area contributed by atoms with Crippen LogP contribution in [0.15, 0.2) is 15.3 Å². The van der Waals surface area contributed by atoms with Gasteiger partial charge >= 0.3 is 11.6 Å². The molecule has 1 aromatic carbocycles. The Hall–Kier alpha value is -3.03. The van der Waals surface area contributed by atoms with E-state index in [2.05, 4.69) is 5.32 Å². The van der Waals surface area contributed by atoms with Gasteiger partial charge in [-0.1, -0.05) is 13.8 Å². The molecule has 1 amide bonds. The smallest absolute Gasteiger partial charge is 0.339 e. The molecule has 2 aromatic rings. The molecule has 32 heavy (non-hydrogen) atoms. The van der Waals surface area contributed by atoms with Gasteiger partial charge in [-0.05, 0) is 57.4 Å². The van der Waals surface area contributed by atoms with E-state index in [1.54, 1.807) is 19.9 Å². The first kappa shape index (κ1) is 22.2. The number of nitrogens with one attached hydrogen (secondary N) is 1. The average molecular weight is 443 g/mol. The molecule has 0 bridgehead atoms. The van der Waals surface area contributed by atoms with Gasteiger partial charge in [0, 0.05) is 17.2 Å². The second-order valence-corrected chi connectivity index (χ2v) is 9.53. The second-order valence-electron chi connectivity index (χ2n) is 9.53. The van der Waals surface area contributed by atoms with Crippen LogP contribution in [0.5, 0.6) is 11.5 Å². The summed E-state index contributed by atoms with van der Waals surface area (Å²) in [5.74, 6) is -0.912. The Balaban J connectivity index is 1.72. The lowest BCUT2D eigenvalue weighted by molar-refractivity contribution is -0.143. The van der Waals surface area contributed by atoms with Gasteiger partial charge in [-0.2, -0.15) is 0 Å². The van der Waals surface area contributed by atoms with Crippen LogP contribution in [0, 0.1) is 5.92 Å². The van der Waals surface area contributed by atoms with Gasteiger partial charge in [0.15, 0.2) is 6.61 Å². The number of ether oxygens (including phenoxy) is 2. The predicted molar refractivity (Wildman–Crippen MR) is 117 cm³/mol. The summed E-state index contributed by atoms with van der Waals surface area (Å²) in [5.41, 5.74) is 2.17. The molecule has 0 saturated heterocycles. The number of carboxylic acid groups (broad SMARTS) is 1. The van der Waals surface area contributed by atoms with Crippen molar-refractivity contribution in [2.24, 2.45) is 5.92 Å². The Bertz CT molecular complexity index is 1150. The quantitative estimate of drug-likeness (QED) is 0.660. The van der Waals surface area contributed by atoms with Gasteiger partial charge in [-0.25, -0.2) is 9.59 Å². The van der Waals surface area contributed by atoms with Crippen molar-refractivity contribution in [3.63, 3.8) is 0 Å². The molecule has 0 radical (unpaired) electrons. The molecule has 0 spiro atoms. The normalized spacial score (nSPS) is 17.4. The first-order chi connectivity index (χ1) is 15.1. The summed E-state index contributed by atoms with van der Waals surface area (Å²) >= 11 is 0. The molecule has 0 fully saturated rings. The molecule has 4 rings (SSSR count). The number of benzene rings is 1. The van der Waals surface area contributed by atoms with Crippen molar-refractivity contribution in [1.82, 2.24) is 5.32 Å². The summed E-state index contributed by atoms with van der Waals surface area (Å²) in [6.45, 7) is 7.07. The highest BCUT2D eigenvalue weighted by molar-refractivity contribution is 5.93. The van der Waals surface area contributed by atoms with Gasteiger partial charge in [0.25, 0.3) is 5.91 Å². The van der Waals surface area contributed by atoms with Crippen LogP contribution in [0.4, 0.5) is 0 Å². The Kier molecular flexibility index (Phi) is 5.65. The van der Waals surface area contributed by atoms with Gasteiger partial charge in [-0.3, -0.25) is 4.79 Å². The maximum atomic E-state index is 12.6. The van der Waals surface area contributed by atoms with Gasteiger partial charge in [0.1, 0.15) is 28.7 Å². The lowest BCUT2D eigenvalue weighted by Gasteiger charge is -2.33. The zero-order valence-corrected chi connectivity index (χ0v) is 18.9. The number of aryl methyl sites for hydroxylation is 2. The van der Waals surface area contributed by atoms with Crippen LogP contribution in [0.2, 0.25) is 0 Å². The number of carboxylic acids is 1. The van der Waals surface area contributed by atoms with Crippen molar-refractivity contribution in [2.75, 3.05) is 6.61 Å². The molecule has 0 saturated carbocycles.